The number of unbranched alkanes of at least 4 members (excludes halogenated alkanes) is 2. The lowest BCUT2D eigenvalue weighted by Gasteiger charge is -2.31. The molecular formula is C17H35N. The van der Waals surface area contributed by atoms with Gasteiger partial charge in [0.05, 0.1) is 0 Å². The molecule has 108 valence electrons. The van der Waals surface area contributed by atoms with Gasteiger partial charge in [-0.05, 0) is 55.0 Å². The van der Waals surface area contributed by atoms with E-state index in [0.29, 0.717) is 16.2 Å². The normalized spacial score (nSPS) is 19.0. The molecule has 0 aliphatic heterocycles. The minimum Gasteiger partial charge on any atom is -0.316 e. The van der Waals surface area contributed by atoms with Crippen molar-refractivity contribution >= 4 is 0 Å². The average molecular weight is 253 g/mol. The van der Waals surface area contributed by atoms with E-state index in [1.54, 1.807) is 0 Å². The van der Waals surface area contributed by atoms with Gasteiger partial charge >= 0.3 is 0 Å². The van der Waals surface area contributed by atoms with Crippen LogP contribution in [-0.2, 0) is 0 Å². The Kier molecular flexibility index (Phi) is 5.29. The first-order valence-electron chi connectivity index (χ1n) is 7.87. The molecule has 0 amide bonds. The van der Waals surface area contributed by atoms with Gasteiger partial charge in [-0.2, -0.15) is 0 Å². The van der Waals surface area contributed by atoms with Crippen molar-refractivity contribution in [3.05, 3.63) is 0 Å². The van der Waals surface area contributed by atoms with Gasteiger partial charge in [-0.25, -0.2) is 0 Å². The highest BCUT2D eigenvalue weighted by Gasteiger charge is 2.50. The Balaban J connectivity index is 2.00. The van der Waals surface area contributed by atoms with Crippen LogP contribution in [-0.4, -0.2) is 13.1 Å². The van der Waals surface area contributed by atoms with E-state index in [1.165, 1.54) is 45.1 Å². The van der Waals surface area contributed by atoms with E-state index in [4.69, 9.17) is 0 Å². The molecule has 0 heterocycles. The largest absolute Gasteiger partial charge is 0.316 e. The Morgan fingerprint density at radius 2 is 1.50 bits per heavy atom. The molecular weight excluding hydrogens is 218 g/mol. The average Bonchev–Trinajstić information content (AvgIpc) is 2.94. The third-order valence-corrected chi connectivity index (χ3v) is 4.61. The molecule has 1 N–H and O–H groups in total. The number of hydrogen-bond acceptors (Lipinski definition) is 1. The number of rotatable bonds is 7. The van der Waals surface area contributed by atoms with Crippen LogP contribution in [0.15, 0.2) is 0 Å². The lowest BCUT2D eigenvalue weighted by atomic mass is 9.74. The number of nitrogens with one attached hydrogen (secondary N) is 1. The second kappa shape index (κ2) is 5.94. The minimum absolute atomic E-state index is 0.421. The zero-order valence-electron chi connectivity index (χ0n) is 13.7. The van der Waals surface area contributed by atoms with Crippen LogP contribution >= 0.6 is 0 Å². The maximum atomic E-state index is 3.57. The molecule has 0 aromatic rings. The van der Waals surface area contributed by atoms with E-state index in [-0.39, 0.29) is 0 Å². The van der Waals surface area contributed by atoms with Crippen molar-refractivity contribution in [3.8, 4) is 0 Å². The third-order valence-electron chi connectivity index (χ3n) is 4.61. The van der Waals surface area contributed by atoms with Gasteiger partial charge in [-0.1, -0.05) is 54.4 Å². The Labute approximate surface area is 115 Å². The SMILES string of the molecule is CC(C)(C)CNCCCCCC1(C(C)(C)C)CC1. The molecule has 18 heavy (non-hydrogen) atoms. The Bertz CT molecular complexity index is 237. The molecule has 1 fully saturated rings. The van der Waals surface area contributed by atoms with Crippen LogP contribution in [0.3, 0.4) is 0 Å². The fourth-order valence-electron chi connectivity index (χ4n) is 2.88. The van der Waals surface area contributed by atoms with Gasteiger partial charge in [0.25, 0.3) is 0 Å². The Hall–Kier alpha value is -0.0400. The summed E-state index contributed by atoms with van der Waals surface area (Å²) in [6.07, 6.45) is 8.56. The van der Waals surface area contributed by atoms with E-state index in [9.17, 15) is 0 Å². The molecule has 0 bridgehead atoms. The topological polar surface area (TPSA) is 12.0 Å². The van der Waals surface area contributed by atoms with Gasteiger partial charge in [0.1, 0.15) is 0 Å². The fraction of sp³-hybridized carbons (Fsp3) is 1.00. The highest BCUT2D eigenvalue weighted by molar-refractivity contribution is 5.01. The van der Waals surface area contributed by atoms with Crippen molar-refractivity contribution in [1.82, 2.24) is 5.32 Å². The van der Waals surface area contributed by atoms with E-state index < -0.39 is 0 Å². The molecule has 1 aliphatic rings. The molecule has 1 aliphatic carbocycles. The molecule has 1 saturated carbocycles. The zero-order valence-corrected chi connectivity index (χ0v) is 13.7. The van der Waals surface area contributed by atoms with Gasteiger partial charge in [0.2, 0.25) is 0 Å². The second-order valence-corrected chi connectivity index (χ2v) is 8.58. The van der Waals surface area contributed by atoms with Crippen molar-refractivity contribution in [1.29, 1.82) is 0 Å². The quantitative estimate of drug-likeness (QED) is 0.629. The van der Waals surface area contributed by atoms with Crippen LogP contribution in [0.25, 0.3) is 0 Å². The first kappa shape index (κ1) is 16.0. The zero-order chi connectivity index (χ0) is 13.9. The first-order chi connectivity index (χ1) is 8.16. The predicted molar refractivity (Wildman–Crippen MR) is 81.9 cm³/mol. The summed E-state index contributed by atoms with van der Waals surface area (Å²) >= 11 is 0. The third kappa shape index (κ3) is 5.30. The minimum atomic E-state index is 0.421. The lowest BCUT2D eigenvalue weighted by Crippen LogP contribution is -2.27. The summed E-state index contributed by atoms with van der Waals surface area (Å²) in [7, 11) is 0. The summed E-state index contributed by atoms with van der Waals surface area (Å²) in [4.78, 5) is 0. The van der Waals surface area contributed by atoms with Gasteiger partial charge < -0.3 is 5.32 Å². The highest BCUT2D eigenvalue weighted by Crippen LogP contribution is 2.61. The van der Waals surface area contributed by atoms with E-state index in [0.717, 1.165) is 6.54 Å². The molecule has 0 atom stereocenters. The Morgan fingerprint density at radius 3 is 1.94 bits per heavy atom. The van der Waals surface area contributed by atoms with Crippen molar-refractivity contribution in [2.45, 2.75) is 80.1 Å². The van der Waals surface area contributed by atoms with Crippen molar-refractivity contribution < 1.29 is 0 Å². The van der Waals surface area contributed by atoms with Crippen molar-refractivity contribution in [3.63, 3.8) is 0 Å². The molecule has 0 saturated heterocycles. The Morgan fingerprint density at radius 1 is 0.889 bits per heavy atom. The molecule has 0 radical (unpaired) electrons. The molecule has 0 aromatic heterocycles. The summed E-state index contributed by atoms with van der Waals surface area (Å²) in [6.45, 7) is 16.5. The van der Waals surface area contributed by atoms with Crippen molar-refractivity contribution in [2.24, 2.45) is 16.2 Å². The van der Waals surface area contributed by atoms with Crippen LogP contribution in [0, 0.1) is 16.2 Å². The highest BCUT2D eigenvalue weighted by atomic mass is 14.9. The van der Waals surface area contributed by atoms with Gasteiger partial charge in [-0.15, -0.1) is 0 Å². The van der Waals surface area contributed by atoms with E-state index >= 15 is 0 Å². The predicted octanol–water partition coefficient (Wildman–Crippen LogP) is 5.01. The lowest BCUT2D eigenvalue weighted by molar-refractivity contribution is 0.193. The summed E-state index contributed by atoms with van der Waals surface area (Å²) in [6, 6.07) is 0. The summed E-state index contributed by atoms with van der Waals surface area (Å²) in [5, 5.41) is 3.57. The monoisotopic (exact) mass is 253 g/mol. The van der Waals surface area contributed by atoms with Crippen LogP contribution in [0.5, 0.6) is 0 Å². The van der Waals surface area contributed by atoms with Gasteiger partial charge in [-0.3, -0.25) is 0 Å². The molecule has 0 aromatic carbocycles. The molecule has 0 unspecified atom stereocenters. The second-order valence-electron chi connectivity index (χ2n) is 8.58. The molecule has 1 heteroatoms. The number of hydrogen-bond donors (Lipinski definition) is 1. The van der Waals surface area contributed by atoms with Gasteiger partial charge in [0.15, 0.2) is 0 Å². The van der Waals surface area contributed by atoms with Crippen LogP contribution in [0.1, 0.15) is 80.1 Å². The molecule has 1 rings (SSSR count). The summed E-state index contributed by atoms with van der Waals surface area (Å²) in [5.74, 6) is 0. The van der Waals surface area contributed by atoms with Crippen molar-refractivity contribution in [2.75, 3.05) is 13.1 Å². The van der Waals surface area contributed by atoms with Crippen LogP contribution < -0.4 is 5.32 Å². The van der Waals surface area contributed by atoms with Gasteiger partial charge in [0, 0.05) is 0 Å². The maximum Gasteiger partial charge on any atom is -0.0000126 e. The summed E-state index contributed by atoms with van der Waals surface area (Å²) in [5.41, 5.74) is 1.65. The smallest absolute Gasteiger partial charge is 0.0000126 e. The first-order valence-corrected chi connectivity index (χ1v) is 7.87. The standard InChI is InChI=1S/C17H35N/c1-15(2,3)14-18-13-9-7-8-10-17(11-12-17)16(4,5)6/h18H,7-14H2,1-6H3. The van der Waals surface area contributed by atoms with Crippen LogP contribution in [0.2, 0.25) is 0 Å². The van der Waals surface area contributed by atoms with Crippen LogP contribution in [0.4, 0.5) is 0 Å². The van der Waals surface area contributed by atoms with E-state index in [2.05, 4.69) is 46.9 Å². The maximum absolute atomic E-state index is 3.57. The van der Waals surface area contributed by atoms with E-state index in [1.807, 2.05) is 0 Å². The molecule has 0 spiro atoms. The molecule has 1 nitrogen and oxygen atoms in total. The summed E-state index contributed by atoms with van der Waals surface area (Å²) < 4.78 is 0. The fourth-order valence-corrected chi connectivity index (χ4v) is 2.88.